The van der Waals surface area contributed by atoms with Gasteiger partial charge in [-0.1, -0.05) is 28.9 Å². The fraction of sp³-hybridized carbons (Fsp3) is 0.700. The first-order valence-electron chi connectivity index (χ1n) is 8.63. The molecule has 0 bridgehead atoms. The second-order valence-electron chi connectivity index (χ2n) is 7.14. The maximum absolute atomic E-state index is 5.71. The highest BCUT2D eigenvalue weighted by atomic mass is 16.5. The van der Waals surface area contributed by atoms with Crippen LogP contribution in [-0.4, -0.2) is 31.3 Å². The molecule has 1 aliphatic carbocycles. The van der Waals surface area contributed by atoms with Crippen molar-refractivity contribution < 1.29 is 4.74 Å². The van der Waals surface area contributed by atoms with E-state index in [4.69, 9.17) is 4.74 Å². The van der Waals surface area contributed by atoms with Crippen LogP contribution in [0, 0.1) is 5.92 Å². The molecule has 1 saturated carbocycles. The van der Waals surface area contributed by atoms with Gasteiger partial charge in [-0.2, -0.15) is 0 Å². The predicted molar refractivity (Wildman–Crippen MR) is 96.9 cm³/mol. The summed E-state index contributed by atoms with van der Waals surface area (Å²) < 4.78 is 5.71. The van der Waals surface area contributed by atoms with Gasteiger partial charge in [-0.05, 0) is 72.3 Å². The van der Waals surface area contributed by atoms with Crippen LogP contribution < -0.4 is 0 Å². The number of methoxy groups -OCH3 is 1. The maximum Gasteiger partial charge on any atom is 0.129 e. The van der Waals surface area contributed by atoms with E-state index in [0.717, 1.165) is 31.8 Å². The van der Waals surface area contributed by atoms with Gasteiger partial charge in [-0.25, -0.2) is 0 Å². The topological polar surface area (TPSA) is 12.5 Å². The molecule has 0 N–H and O–H groups in total. The second kappa shape index (κ2) is 10.0. The number of hydrogen-bond donors (Lipinski definition) is 0. The van der Waals surface area contributed by atoms with E-state index in [-0.39, 0.29) is 6.23 Å². The van der Waals surface area contributed by atoms with Crippen LogP contribution in [0.3, 0.4) is 0 Å². The van der Waals surface area contributed by atoms with Crippen molar-refractivity contribution in [3.05, 3.63) is 34.9 Å². The molecule has 2 heteroatoms. The van der Waals surface area contributed by atoms with Gasteiger partial charge in [0.15, 0.2) is 0 Å². The lowest BCUT2D eigenvalue weighted by molar-refractivity contribution is 0.00605. The van der Waals surface area contributed by atoms with Crippen molar-refractivity contribution in [1.29, 1.82) is 0 Å². The fourth-order valence-corrected chi connectivity index (χ4v) is 2.49. The van der Waals surface area contributed by atoms with Gasteiger partial charge in [0, 0.05) is 20.2 Å². The third-order valence-corrected chi connectivity index (χ3v) is 4.03. The van der Waals surface area contributed by atoms with E-state index in [1.54, 1.807) is 0 Å². The van der Waals surface area contributed by atoms with Gasteiger partial charge < -0.3 is 4.74 Å². The molecule has 0 aliphatic heterocycles. The van der Waals surface area contributed by atoms with E-state index in [0.29, 0.717) is 0 Å². The lowest BCUT2D eigenvalue weighted by atomic mass is 10.1. The van der Waals surface area contributed by atoms with Crippen LogP contribution in [0.15, 0.2) is 34.9 Å². The van der Waals surface area contributed by atoms with E-state index in [1.807, 2.05) is 7.11 Å². The smallest absolute Gasteiger partial charge is 0.129 e. The molecular formula is C20H35NO. The van der Waals surface area contributed by atoms with Crippen molar-refractivity contribution in [2.75, 3.05) is 20.2 Å². The summed E-state index contributed by atoms with van der Waals surface area (Å²) >= 11 is 0. The molecular weight excluding hydrogens is 270 g/mol. The van der Waals surface area contributed by atoms with Crippen LogP contribution in [0.1, 0.15) is 60.3 Å². The molecule has 1 atom stereocenters. The average Bonchev–Trinajstić information content (AvgIpc) is 3.24. The molecule has 0 aromatic heterocycles. The molecule has 126 valence electrons. The van der Waals surface area contributed by atoms with Gasteiger partial charge in [0.1, 0.15) is 6.23 Å². The number of rotatable bonds is 10. The van der Waals surface area contributed by atoms with Gasteiger partial charge in [0.2, 0.25) is 0 Å². The van der Waals surface area contributed by atoms with Gasteiger partial charge >= 0.3 is 0 Å². The summed E-state index contributed by atoms with van der Waals surface area (Å²) in [6.45, 7) is 13.0. The van der Waals surface area contributed by atoms with Crippen LogP contribution in [0.5, 0.6) is 0 Å². The minimum atomic E-state index is 0.104. The zero-order valence-electron chi connectivity index (χ0n) is 15.5. The molecule has 1 rings (SSSR count). The normalized spacial score (nSPS) is 16.6. The van der Waals surface area contributed by atoms with Crippen molar-refractivity contribution in [2.45, 2.75) is 66.5 Å². The molecule has 1 fully saturated rings. The number of nitrogens with zero attached hydrogens (tertiary/aromatic N) is 1. The van der Waals surface area contributed by atoms with Crippen LogP contribution >= 0.6 is 0 Å². The minimum Gasteiger partial charge on any atom is -0.363 e. The molecule has 2 nitrogen and oxygen atoms in total. The Hall–Kier alpha value is -0.860. The Kier molecular flexibility index (Phi) is 8.74. The minimum absolute atomic E-state index is 0.104. The molecule has 0 heterocycles. The van der Waals surface area contributed by atoms with E-state index >= 15 is 0 Å². The van der Waals surface area contributed by atoms with Crippen molar-refractivity contribution in [3.63, 3.8) is 0 Å². The summed E-state index contributed by atoms with van der Waals surface area (Å²) in [5, 5.41) is 0. The Balaban J connectivity index is 2.59. The highest BCUT2D eigenvalue weighted by Crippen LogP contribution is 2.30. The van der Waals surface area contributed by atoms with Crippen LogP contribution in [0.4, 0.5) is 0 Å². The Morgan fingerprint density at radius 3 is 2.27 bits per heavy atom. The standard InChI is InChI=1S/C20H35NO/c1-16(2)8-7-9-18(5)12-13-21(15-19-10-11-19)20(22-6)14-17(3)4/h8,12,14,19-20H,7,9-11,13,15H2,1-6H3/b18-12-. The summed E-state index contributed by atoms with van der Waals surface area (Å²) in [6, 6.07) is 0. The van der Waals surface area contributed by atoms with Crippen LogP contribution in [0.2, 0.25) is 0 Å². The van der Waals surface area contributed by atoms with E-state index in [9.17, 15) is 0 Å². The van der Waals surface area contributed by atoms with Crippen molar-refractivity contribution in [3.8, 4) is 0 Å². The van der Waals surface area contributed by atoms with Crippen LogP contribution in [0.25, 0.3) is 0 Å². The highest BCUT2D eigenvalue weighted by molar-refractivity contribution is 5.05. The first kappa shape index (κ1) is 19.2. The number of hydrogen-bond acceptors (Lipinski definition) is 2. The average molecular weight is 306 g/mol. The van der Waals surface area contributed by atoms with Crippen molar-refractivity contribution in [2.24, 2.45) is 5.92 Å². The first-order valence-corrected chi connectivity index (χ1v) is 8.63. The molecule has 1 unspecified atom stereocenters. The second-order valence-corrected chi connectivity index (χ2v) is 7.14. The zero-order chi connectivity index (χ0) is 16.5. The lowest BCUT2D eigenvalue weighted by Crippen LogP contribution is -2.37. The Labute approximate surface area is 137 Å². The molecule has 22 heavy (non-hydrogen) atoms. The fourth-order valence-electron chi connectivity index (χ4n) is 2.49. The SMILES string of the molecule is COC(C=C(C)C)N(C/C=C(/C)CCC=C(C)C)CC1CC1. The molecule has 0 amide bonds. The largest absolute Gasteiger partial charge is 0.363 e. The quantitative estimate of drug-likeness (QED) is 0.399. The molecule has 0 radical (unpaired) electrons. The summed E-state index contributed by atoms with van der Waals surface area (Å²) in [6.07, 6.45) is 12.1. The van der Waals surface area contributed by atoms with E-state index < -0.39 is 0 Å². The van der Waals surface area contributed by atoms with Gasteiger partial charge in [0.25, 0.3) is 0 Å². The zero-order valence-corrected chi connectivity index (χ0v) is 15.5. The Bertz CT molecular complexity index is 407. The molecule has 0 aromatic carbocycles. The van der Waals surface area contributed by atoms with Gasteiger partial charge in [0.05, 0.1) is 0 Å². The number of allylic oxidation sites excluding steroid dienone is 4. The molecule has 0 spiro atoms. The Morgan fingerprint density at radius 2 is 1.77 bits per heavy atom. The molecule has 0 saturated heterocycles. The van der Waals surface area contributed by atoms with Crippen LogP contribution in [-0.2, 0) is 4.74 Å². The predicted octanol–water partition coefficient (Wildman–Crippen LogP) is 5.33. The van der Waals surface area contributed by atoms with Gasteiger partial charge in [-0.15, -0.1) is 0 Å². The maximum atomic E-state index is 5.71. The van der Waals surface area contributed by atoms with Crippen molar-refractivity contribution >= 4 is 0 Å². The van der Waals surface area contributed by atoms with E-state index in [1.165, 1.54) is 29.6 Å². The first-order chi connectivity index (χ1) is 10.4. The summed E-state index contributed by atoms with van der Waals surface area (Å²) in [4.78, 5) is 2.47. The molecule has 0 aromatic rings. The van der Waals surface area contributed by atoms with Gasteiger partial charge in [-0.3, -0.25) is 4.90 Å². The monoisotopic (exact) mass is 305 g/mol. The number of ether oxygens (including phenoxy) is 1. The third-order valence-electron chi connectivity index (χ3n) is 4.03. The Morgan fingerprint density at radius 1 is 1.09 bits per heavy atom. The summed E-state index contributed by atoms with van der Waals surface area (Å²) in [7, 11) is 1.81. The molecule has 1 aliphatic rings. The lowest BCUT2D eigenvalue weighted by Gasteiger charge is -2.28. The highest BCUT2D eigenvalue weighted by Gasteiger charge is 2.26. The van der Waals surface area contributed by atoms with Crippen molar-refractivity contribution in [1.82, 2.24) is 4.90 Å². The van der Waals surface area contributed by atoms with E-state index in [2.05, 4.69) is 57.7 Å². The summed E-state index contributed by atoms with van der Waals surface area (Å²) in [5.41, 5.74) is 4.20. The summed E-state index contributed by atoms with van der Waals surface area (Å²) in [5.74, 6) is 0.877. The third kappa shape index (κ3) is 8.55.